The summed E-state index contributed by atoms with van der Waals surface area (Å²) < 4.78 is 3.42. The molecule has 1 aromatic heterocycles. The Bertz CT molecular complexity index is 612. The molecule has 1 aliphatic carbocycles. The summed E-state index contributed by atoms with van der Waals surface area (Å²) in [5, 5.41) is 8.32. The molecular formula is C17H22IN3. The van der Waals surface area contributed by atoms with Gasteiger partial charge in [-0.05, 0) is 85.5 Å². The van der Waals surface area contributed by atoms with Crippen molar-refractivity contribution in [2.24, 2.45) is 0 Å². The number of halogens is 1. The monoisotopic (exact) mass is 395 g/mol. The molecule has 1 aliphatic rings. The Balaban J connectivity index is 1.68. The lowest BCUT2D eigenvalue weighted by atomic mass is 10.1. The summed E-state index contributed by atoms with van der Waals surface area (Å²) >= 11 is 2.34. The summed E-state index contributed by atoms with van der Waals surface area (Å²) in [6.45, 7) is 6.25. The van der Waals surface area contributed by atoms with Crippen LogP contribution in [-0.4, -0.2) is 22.4 Å². The van der Waals surface area contributed by atoms with Crippen LogP contribution in [0.25, 0.3) is 0 Å². The summed E-state index contributed by atoms with van der Waals surface area (Å²) in [6.07, 6.45) is 3.79. The Hall–Kier alpha value is -0.880. The fourth-order valence-corrected chi connectivity index (χ4v) is 3.06. The molecule has 21 heavy (non-hydrogen) atoms. The van der Waals surface area contributed by atoms with E-state index in [9.17, 15) is 0 Å². The first-order valence-corrected chi connectivity index (χ1v) is 8.72. The number of hydrogen-bond acceptors (Lipinski definition) is 2. The van der Waals surface area contributed by atoms with Gasteiger partial charge in [0.15, 0.2) is 0 Å². The topological polar surface area (TPSA) is 29.9 Å². The minimum absolute atomic E-state index is 0.785. The van der Waals surface area contributed by atoms with Gasteiger partial charge in [0, 0.05) is 15.3 Å². The molecule has 0 bridgehead atoms. The SMILES string of the molecule is Cc1nn(Cc2ccc(I)cc2)c(C)c1CCNC1CC1. The lowest BCUT2D eigenvalue weighted by Crippen LogP contribution is -2.19. The van der Waals surface area contributed by atoms with Crippen LogP contribution < -0.4 is 5.32 Å². The molecule has 3 rings (SSSR count). The van der Waals surface area contributed by atoms with Gasteiger partial charge in [-0.1, -0.05) is 12.1 Å². The summed E-state index contributed by atoms with van der Waals surface area (Å²) in [7, 11) is 0. The molecule has 1 fully saturated rings. The highest BCUT2D eigenvalue weighted by Gasteiger charge is 2.20. The van der Waals surface area contributed by atoms with Crippen molar-refractivity contribution in [3.63, 3.8) is 0 Å². The first-order chi connectivity index (χ1) is 10.1. The average molecular weight is 395 g/mol. The number of aromatic nitrogens is 2. The fraction of sp³-hybridized carbons (Fsp3) is 0.471. The minimum Gasteiger partial charge on any atom is -0.314 e. The summed E-state index contributed by atoms with van der Waals surface area (Å²) in [5.41, 5.74) is 5.21. The van der Waals surface area contributed by atoms with Crippen molar-refractivity contribution >= 4 is 22.6 Å². The zero-order valence-corrected chi connectivity index (χ0v) is 14.9. The zero-order valence-electron chi connectivity index (χ0n) is 12.7. The van der Waals surface area contributed by atoms with Gasteiger partial charge in [-0.3, -0.25) is 4.68 Å². The maximum Gasteiger partial charge on any atom is 0.0662 e. The molecule has 0 aliphatic heterocycles. The van der Waals surface area contributed by atoms with Gasteiger partial charge < -0.3 is 5.32 Å². The van der Waals surface area contributed by atoms with Crippen LogP contribution in [-0.2, 0) is 13.0 Å². The maximum atomic E-state index is 4.73. The van der Waals surface area contributed by atoms with Crippen molar-refractivity contribution in [1.82, 2.24) is 15.1 Å². The van der Waals surface area contributed by atoms with E-state index in [0.717, 1.165) is 25.6 Å². The normalized spacial score (nSPS) is 14.6. The van der Waals surface area contributed by atoms with Gasteiger partial charge in [0.1, 0.15) is 0 Å². The lowest BCUT2D eigenvalue weighted by molar-refractivity contribution is 0.654. The second-order valence-corrected chi connectivity index (χ2v) is 7.16. The molecule has 0 amide bonds. The summed E-state index contributed by atoms with van der Waals surface area (Å²) in [6, 6.07) is 9.47. The van der Waals surface area contributed by atoms with E-state index in [1.54, 1.807) is 0 Å². The second-order valence-electron chi connectivity index (χ2n) is 5.91. The first kappa shape index (κ1) is 15.0. The van der Waals surface area contributed by atoms with Crippen LogP contribution in [0.2, 0.25) is 0 Å². The van der Waals surface area contributed by atoms with Gasteiger partial charge in [0.2, 0.25) is 0 Å². The smallest absolute Gasteiger partial charge is 0.0662 e. The van der Waals surface area contributed by atoms with Crippen molar-refractivity contribution in [1.29, 1.82) is 0 Å². The predicted octanol–water partition coefficient (Wildman–Crippen LogP) is 3.45. The lowest BCUT2D eigenvalue weighted by Gasteiger charge is -2.07. The number of nitrogens with one attached hydrogen (secondary N) is 1. The van der Waals surface area contributed by atoms with Crippen LogP contribution in [0.15, 0.2) is 24.3 Å². The predicted molar refractivity (Wildman–Crippen MR) is 94.7 cm³/mol. The van der Waals surface area contributed by atoms with Crippen molar-refractivity contribution in [2.75, 3.05) is 6.54 Å². The second kappa shape index (κ2) is 6.48. The number of rotatable bonds is 6. The Morgan fingerprint density at radius 3 is 2.62 bits per heavy atom. The van der Waals surface area contributed by atoms with Gasteiger partial charge in [-0.15, -0.1) is 0 Å². The zero-order chi connectivity index (χ0) is 14.8. The molecule has 0 spiro atoms. The molecule has 4 heteroatoms. The molecule has 2 aromatic rings. The van der Waals surface area contributed by atoms with Crippen LogP contribution in [0.1, 0.15) is 35.4 Å². The molecule has 0 saturated heterocycles. The van der Waals surface area contributed by atoms with Crippen molar-refractivity contribution in [3.05, 3.63) is 50.4 Å². The number of aryl methyl sites for hydroxylation is 1. The molecule has 0 unspecified atom stereocenters. The third kappa shape index (κ3) is 3.86. The van der Waals surface area contributed by atoms with E-state index in [2.05, 4.69) is 70.7 Å². The fourth-order valence-electron chi connectivity index (χ4n) is 2.70. The highest BCUT2D eigenvalue weighted by molar-refractivity contribution is 14.1. The Kier molecular flexibility index (Phi) is 4.64. The van der Waals surface area contributed by atoms with Crippen LogP contribution in [0.3, 0.4) is 0 Å². The summed E-state index contributed by atoms with van der Waals surface area (Å²) in [4.78, 5) is 0. The number of hydrogen-bond donors (Lipinski definition) is 1. The largest absolute Gasteiger partial charge is 0.314 e. The van der Waals surface area contributed by atoms with E-state index in [1.807, 2.05) is 0 Å². The van der Waals surface area contributed by atoms with Crippen LogP contribution >= 0.6 is 22.6 Å². The van der Waals surface area contributed by atoms with E-state index >= 15 is 0 Å². The number of nitrogens with zero attached hydrogens (tertiary/aromatic N) is 2. The highest BCUT2D eigenvalue weighted by Crippen LogP contribution is 2.19. The average Bonchev–Trinajstić information content (AvgIpc) is 3.24. The molecule has 112 valence electrons. The molecule has 1 heterocycles. The van der Waals surface area contributed by atoms with Crippen molar-refractivity contribution in [3.8, 4) is 0 Å². The Labute approximate surface area is 140 Å². The molecule has 1 aromatic carbocycles. The van der Waals surface area contributed by atoms with Crippen LogP contribution in [0.4, 0.5) is 0 Å². The molecule has 3 nitrogen and oxygen atoms in total. The van der Waals surface area contributed by atoms with E-state index in [0.29, 0.717) is 0 Å². The first-order valence-electron chi connectivity index (χ1n) is 7.64. The Morgan fingerprint density at radius 1 is 1.24 bits per heavy atom. The van der Waals surface area contributed by atoms with E-state index in [1.165, 1.54) is 38.9 Å². The molecule has 0 radical (unpaired) electrons. The van der Waals surface area contributed by atoms with Gasteiger partial charge >= 0.3 is 0 Å². The van der Waals surface area contributed by atoms with Gasteiger partial charge in [0.25, 0.3) is 0 Å². The maximum absolute atomic E-state index is 4.73. The van der Waals surface area contributed by atoms with E-state index in [4.69, 9.17) is 5.10 Å². The van der Waals surface area contributed by atoms with E-state index < -0.39 is 0 Å². The van der Waals surface area contributed by atoms with Crippen LogP contribution in [0.5, 0.6) is 0 Å². The van der Waals surface area contributed by atoms with Gasteiger partial charge in [0.05, 0.1) is 12.2 Å². The summed E-state index contributed by atoms with van der Waals surface area (Å²) in [5.74, 6) is 0. The quantitative estimate of drug-likeness (QED) is 0.760. The third-order valence-corrected chi connectivity index (χ3v) is 4.88. The van der Waals surface area contributed by atoms with Crippen molar-refractivity contribution in [2.45, 2.75) is 45.7 Å². The minimum atomic E-state index is 0.785. The molecular weight excluding hydrogens is 373 g/mol. The third-order valence-electron chi connectivity index (χ3n) is 4.16. The van der Waals surface area contributed by atoms with Gasteiger partial charge in [-0.2, -0.15) is 5.10 Å². The molecule has 1 saturated carbocycles. The number of benzene rings is 1. The Morgan fingerprint density at radius 2 is 1.95 bits per heavy atom. The molecule has 0 atom stereocenters. The highest BCUT2D eigenvalue weighted by atomic mass is 127. The van der Waals surface area contributed by atoms with Crippen LogP contribution in [0, 0.1) is 17.4 Å². The molecule has 1 N–H and O–H groups in total. The van der Waals surface area contributed by atoms with E-state index in [-0.39, 0.29) is 0 Å². The standard InChI is InChI=1S/C17H22IN3/c1-12-17(9-10-19-16-7-8-16)13(2)21(20-12)11-14-3-5-15(18)6-4-14/h3-6,16,19H,7-11H2,1-2H3. The van der Waals surface area contributed by atoms with Crippen molar-refractivity contribution < 1.29 is 0 Å². The van der Waals surface area contributed by atoms with Gasteiger partial charge in [-0.25, -0.2) is 0 Å².